The molecule has 0 amide bonds. The fourth-order valence-electron chi connectivity index (χ4n) is 2.79. The van der Waals surface area contributed by atoms with Gasteiger partial charge in [0.15, 0.2) is 0 Å². The molecule has 0 atom stereocenters. The number of anilines is 2. The number of β-amino-alcohol motifs (C(OH)–C–C–N with tert-alkyl or cyclic N) is 1. The Kier molecular flexibility index (Phi) is 4.19. The molecule has 2 aromatic rings. The van der Waals surface area contributed by atoms with Crippen LogP contribution in [0.25, 0.3) is 0 Å². The van der Waals surface area contributed by atoms with E-state index in [2.05, 4.69) is 4.98 Å². The highest BCUT2D eigenvalue weighted by Crippen LogP contribution is 2.27. The minimum Gasteiger partial charge on any atom is -0.395 e. The van der Waals surface area contributed by atoms with Crippen molar-refractivity contribution in [1.82, 2.24) is 14.5 Å². The Balaban J connectivity index is 2.13. The van der Waals surface area contributed by atoms with Gasteiger partial charge < -0.3 is 5.11 Å². The fourth-order valence-corrected chi connectivity index (χ4v) is 2.79. The molecule has 2 heterocycles. The molecule has 23 heavy (non-hydrogen) atoms. The third kappa shape index (κ3) is 2.87. The molecule has 0 aliphatic carbocycles. The average molecular weight is 314 g/mol. The van der Waals surface area contributed by atoms with Gasteiger partial charge in [-0.1, -0.05) is 17.7 Å². The highest BCUT2D eigenvalue weighted by molar-refractivity contribution is 5.58. The molecule has 0 bridgehead atoms. The summed E-state index contributed by atoms with van der Waals surface area (Å²) in [6.07, 6.45) is 0. The van der Waals surface area contributed by atoms with Crippen molar-refractivity contribution in [3.63, 3.8) is 0 Å². The fraction of sp³-hybridized carbons (Fsp3) is 0.412. The van der Waals surface area contributed by atoms with Gasteiger partial charge in [0, 0.05) is 23.5 Å². The van der Waals surface area contributed by atoms with Crippen LogP contribution in [-0.4, -0.2) is 39.4 Å². The standard InChI is InChI=1S/C17H22N4O2/c1-12-4-6-15(7-5-12)20-10-19(8-9-22)11-21-16(23)13(2)14(3)18-17(20)21/h4-7,22H,8-11H2,1-3H3. The number of hydrogen-bond donors (Lipinski definition) is 1. The zero-order valence-corrected chi connectivity index (χ0v) is 13.8. The largest absolute Gasteiger partial charge is 0.395 e. The van der Waals surface area contributed by atoms with Crippen LogP contribution in [0.1, 0.15) is 16.8 Å². The molecular weight excluding hydrogens is 292 g/mol. The number of nitrogens with zero attached hydrogens (tertiary/aromatic N) is 4. The summed E-state index contributed by atoms with van der Waals surface area (Å²) in [7, 11) is 0. The molecular formula is C17H22N4O2. The number of aliphatic hydroxyl groups excluding tert-OH is 1. The highest BCUT2D eigenvalue weighted by Gasteiger charge is 2.26. The predicted octanol–water partition coefficient (Wildman–Crippen LogP) is 1.53. The molecule has 1 aromatic heterocycles. The summed E-state index contributed by atoms with van der Waals surface area (Å²) in [5.74, 6) is 0.663. The predicted molar refractivity (Wildman–Crippen MR) is 89.9 cm³/mol. The molecule has 1 aliphatic heterocycles. The van der Waals surface area contributed by atoms with E-state index < -0.39 is 0 Å². The van der Waals surface area contributed by atoms with Crippen LogP contribution >= 0.6 is 0 Å². The summed E-state index contributed by atoms with van der Waals surface area (Å²) < 4.78 is 1.68. The van der Waals surface area contributed by atoms with Crippen molar-refractivity contribution in [2.45, 2.75) is 27.4 Å². The number of aliphatic hydroxyl groups is 1. The van der Waals surface area contributed by atoms with Gasteiger partial charge in [-0.25, -0.2) is 4.98 Å². The van der Waals surface area contributed by atoms with E-state index in [0.29, 0.717) is 31.4 Å². The summed E-state index contributed by atoms with van der Waals surface area (Å²) in [6, 6.07) is 8.15. The first-order valence-electron chi connectivity index (χ1n) is 7.76. The van der Waals surface area contributed by atoms with Crippen molar-refractivity contribution in [3.05, 3.63) is 51.4 Å². The molecule has 122 valence electrons. The van der Waals surface area contributed by atoms with Crippen LogP contribution in [0.5, 0.6) is 0 Å². The summed E-state index contributed by atoms with van der Waals surface area (Å²) in [6.45, 7) is 7.33. The van der Waals surface area contributed by atoms with Gasteiger partial charge in [-0.05, 0) is 32.9 Å². The molecule has 0 unspecified atom stereocenters. The SMILES string of the molecule is Cc1ccc(N2CN(CCO)Cn3c2nc(C)c(C)c3=O)cc1. The highest BCUT2D eigenvalue weighted by atomic mass is 16.3. The molecule has 1 N–H and O–H groups in total. The Morgan fingerprint density at radius 2 is 1.83 bits per heavy atom. The van der Waals surface area contributed by atoms with E-state index >= 15 is 0 Å². The van der Waals surface area contributed by atoms with E-state index in [1.807, 2.05) is 47.9 Å². The Labute approximate surface area is 135 Å². The van der Waals surface area contributed by atoms with E-state index in [1.54, 1.807) is 11.5 Å². The second-order valence-electron chi connectivity index (χ2n) is 6.02. The topological polar surface area (TPSA) is 61.6 Å². The van der Waals surface area contributed by atoms with Crippen LogP contribution < -0.4 is 10.5 Å². The van der Waals surface area contributed by atoms with E-state index in [1.165, 1.54) is 5.56 Å². The van der Waals surface area contributed by atoms with Gasteiger partial charge in [-0.2, -0.15) is 0 Å². The van der Waals surface area contributed by atoms with Crippen molar-refractivity contribution in [3.8, 4) is 0 Å². The minimum atomic E-state index is -0.0211. The van der Waals surface area contributed by atoms with E-state index in [0.717, 1.165) is 11.4 Å². The van der Waals surface area contributed by atoms with Crippen LogP contribution in [0.4, 0.5) is 11.6 Å². The van der Waals surface area contributed by atoms with Gasteiger partial charge in [-0.15, -0.1) is 0 Å². The Bertz CT molecular complexity index is 767. The van der Waals surface area contributed by atoms with E-state index in [9.17, 15) is 9.90 Å². The molecule has 1 aliphatic rings. The van der Waals surface area contributed by atoms with E-state index in [4.69, 9.17) is 0 Å². The molecule has 3 rings (SSSR count). The number of aryl methyl sites for hydroxylation is 2. The van der Waals surface area contributed by atoms with Crippen LogP contribution in [-0.2, 0) is 6.67 Å². The molecule has 0 fully saturated rings. The summed E-state index contributed by atoms with van der Waals surface area (Å²) >= 11 is 0. The van der Waals surface area contributed by atoms with Gasteiger partial charge in [0.2, 0.25) is 5.95 Å². The number of fused-ring (bicyclic) bond motifs is 1. The maximum Gasteiger partial charge on any atom is 0.259 e. The lowest BCUT2D eigenvalue weighted by atomic mass is 10.2. The lowest BCUT2D eigenvalue weighted by molar-refractivity contribution is 0.152. The number of rotatable bonds is 3. The van der Waals surface area contributed by atoms with Crippen LogP contribution in [0.2, 0.25) is 0 Å². The van der Waals surface area contributed by atoms with E-state index in [-0.39, 0.29) is 12.2 Å². The molecule has 0 saturated heterocycles. The molecule has 0 saturated carbocycles. The normalized spacial score (nSPS) is 14.9. The minimum absolute atomic E-state index is 0.0211. The number of benzene rings is 1. The second kappa shape index (κ2) is 6.14. The van der Waals surface area contributed by atoms with Gasteiger partial charge in [-0.3, -0.25) is 19.2 Å². The molecule has 6 nitrogen and oxygen atoms in total. The maximum absolute atomic E-state index is 12.6. The Hall–Kier alpha value is -2.18. The summed E-state index contributed by atoms with van der Waals surface area (Å²) in [4.78, 5) is 21.3. The zero-order chi connectivity index (χ0) is 16.6. The first kappa shape index (κ1) is 15.7. The van der Waals surface area contributed by atoms with Crippen LogP contribution in [0, 0.1) is 20.8 Å². The smallest absolute Gasteiger partial charge is 0.259 e. The molecule has 0 spiro atoms. The van der Waals surface area contributed by atoms with Gasteiger partial charge in [0.05, 0.1) is 19.9 Å². The number of hydrogen-bond acceptors (Lipinski definition) is 5. The van der Waals surface area contributed by atoms with Crippen molar-refractivity contribution < 1.29 is 5.11 Å². The average Bonchev–Trinajstić information content (AvgIpc) is 2.54. The lowest BCUT2D eigenvalue weighted by Crippen LogP contribution is -2.48. The molecule has 6 heteroatoms. The van der Waals surface area contributed by atoms with Gasteiger partial charge in [0.1, 0.15) is 0 Å². The second-order valence-corrected chi connectivity index (χ2v) is 6.02. The van der Waals surface area contributed by atoms with Gasteiger partial charge >= 0.3 is 0 Å². The first-order chi connectivity index (χ1) is 11.0. The van der Waals surface area contributed by atoms with Gasteiger partial charge in [0.25, 0.3) is 5.56 Å². The monoisotopic (exact) mass is 314 g/mol. The third-order valence-electron chi connectivity index (χ3n) is 4.30. The summed E-state index contributed by atoms with van der Waals surface area (Å²) in [5.41, 5.74) is 3.58. The maximum atomic E-state index is 12.6. The summed E-state index contributed by atoms with van der Waals surface area (Å²) in [5, 5.41) is 9.26. The van der Waals surface area contributed by atoms with Crippen molar-refractivity contribution in [2.24, 2.45) is 0 Å². The first-order valence-corrected chi connectivity index (χ1v) is 7.76. The Morgan fingerprint density at radius 1 is 1.13 bits per heavy atom. The molecule has 1 aromatic carbocycles. The van der Waals surface area contributed by atoms with Crippen molar-refractivity contribution in [1.29, 1.82) is 0 Å². The van der Waals surface area contributed by atoms with Crippen LogP contribution in [0.3, 0.4) is 0 Å². The van der Waals surface area contributed by atoms with Crippen molar-refractivity contribution >= 4 is 11.6 Å². The lowest BCUT2D eigenvalue weighted by Gasteiger charge is -2.38. The van der Waals surface area contributed by atoms with Crippen molar-refractivity contribution in [2.75, 3.05) is 24.7 Å². The molecule has 0 radical (unpaired) electrons. The third-order valence-corrected chi connectivity index (χ3v) is 4.30. The Morgan fingerprint density at radius 3 is 2.48 bits per heavy atom. The number of aromatic nitrogens is 2. The quantitative estimate of drug-likeness (QED) is 0.931. The zero-order valence-electron chi connectivity index (χ0n) is 13.8. The van der Waals surface area contributed by atoms with Crippen LogP contribution in [0.15, 0.2) is 29.1 Å².